The van der Waals surface area contributed by atoms with Crippen LogP contribution in [0.1, 0.15) is 19.3 Å². The highest BCUT2D eigenvalue weighted by Crippen LogP contribution is 2.28. The van der Waals surface area contributed by atoms with Crippen LogP contribution in [0.15, 0.2) is 0 Å². The molecule has 0 aromatic carbocycles. The van der Waals surface area contributed by atoms with Crippen LogP contribution in [-0.2, 0) is 4.79 Å². The van der Waals surface area contributed by atoms with Crippen LogP contribution in [0.2, 0.25) is 0 Å². The van der Waals surface area contributed by atoms with Gasteiger partial charge in [-0.2, -0.15) is 11.8 Å². The van der Waals surface area contributed by atoms with Crippen LogP contribution in [0.3, 0.4) is 0 Å². The number of hydrogen-bond donors (Lipinski definition) is 2. The Hall–Kier alpha value is -0.220. The highest BCUT2D eigenvalue weighted by Gasteiger charge is 2.28. The van der Waals surface area contributed by atoms with Crippen LogP contribution >= 0.6 is 11.8 Å². The number of carbonyl (C=O) groups excluding carboxylic acids is 1. The summed E-state index contributed by atoms with van der Waals surface area (Å²) >= 11 is 1.87. The molecular weight excluding hydrogens is 196 g/mol. The third-order valence-corrected chi connectivity index (χ3v) is 2.95. The molecule has 1 amide bonds. The van der Waals surface area contributed by atoms with E-state index < -0.39 is 0 Å². The van der Waals surface area contributed by atoms with Crippen LogP contribution in [0.25, 0.3) is 0 Å². The van der Waals surface area contributed by atoms with Crippen LogP contribution in [0.5, 0.6) is 0 Å². The lowest BCUT2D eigenvalue weighted by molar-refractivity contribution is -0.122. The molecule has 1 fully saturated rings. The van der Waals surface area contributed by atoms with E-state index in [9.17, 15) is 4.79 Å². The minimum Gasteiger partial charge on any atom is -0.355 e. The van der Waals surface area contributed by atoms with Gasteiger partial charge in [-0.25, -0.2) is 0 Å². The van der Waals surface area contributed by atoms with Crippen molar-refractivity contribution in [3.8, 4) is 0 Å². The van der Waals surface area contributed by atoms with E-state index in [0.29, 0.717) is 5.92 Å². The molecule has 4 heteroatoms. The summed E-state index contributed by atoms with van der Waals surface area (Å²) < 4.78 is 0. The molecule has 1 aliphatic rings. The summed E-state index contributed by atoms with van der Waals surface area (Å²) in [5.74, 6) is 1.80. The second-order valence-electron chi connectivity index (χ2n) is 3.66. The van der Waals surface area contributed by atoms with Crippen LogP contribution in [0, 0.1) is 5.92 Å². The number of nitrogens with one attached hydrogen (secondary N) is 2. The van der Waals surface area contributed by atoms with Crippen molar-refractivity contribution in [2.24, 2.45) is 5.92 Å². The quantitative estimate of drug-likeness (QED) is 0.591. The van der Waals surface area contributed by atoms with Gasteiger partial charge in [0.05, 0.1) is 0 Å². The number of amides is 1. The van der Waals surface area contributed by atoms with Gasteiger partial charge in [0.15, 0.2) is 0 Å². The first-order valence-corrected chi connectivity index (χ1v) is 6.71. The Bertz CT molecular complexity index is 172. The minimum atomic E-state index is 0.246. The fourth-order valence-corrected chi connectivity index (χ4v) is 1.66. The molecule has 0 saturated heterocycles. The average molecular weight is 216 g/mol. The van der Waals surface area contributed by atoms with Gasteiger partial charge in [0.25, 0.3) is 0 Å². The second-order valence-corrected chi connectivity index (χ2v) is 4.65. The molecule has 1 saturated carbocycles. The summed E-state index contributed by atoms with van der Waals surface area (Å²) in [6.45, 7) is 2.72. The smallest absolute Gasteiger partial charge is 0.223 e. The Balaban J connectivity index is 1.77. The van der Waals surface area contributed by atoms with Gasteiger partial charge in [-0.15, -0.1) is 0 Å². The second kappa shape index (κ2) is 7.12. The Morgan fingerprint density at radius 2 is 2.14 bits per heavy atom. The molecule has 0 aliphatic heterocycles. The zero-order chi connectivity index (χ0) is 10.2. The first-order chi connectivity index (χ1) is 6.84. The SMILES string of the molecule is CSCCCNCCNC(=O)C1CC1. The first-order valence-electron chi connectivity index (χ1n) is 5.32. The maximum absolute atomic E-state index is 11.2. The number of hydrogen-bond acceptors (Lipinski definition) is 3. The van der Waals surface area contributed by atoms with Crippen molar-refractivity contribution in [3.05, 3.63) is 0 Å². The maximum atomic E-state index is 11.2. The third kappa shape index (κ3) is 5.50. The Morgan fingerprint density at radius 3 is 2.79 bits per heavy atom. The lowest BCUT2D eigenvalue weighted by Crippen LogP contribution is -2.33. The van der Waals surface area contributed by atoms with Gasteiger partial charge in [0.2, 0.25) is 5.91 Å². The Morgan fingerprint density at radius 1 is 1.36 bits per heavy atom. The van der Waals surface area contributed by atoms with E-state index in [1.165, 1.54) is 12.2 Å². The van der Waals surface area contributed by atoms with Gasteiger partial charge in [-0.05, 0) is 37.8 Å². The van der Waals surface area contributed by atoms with E-state index in [2.05, 4.69) is 16.9 Å². The standard InChI is InChI=1S/C10H20N2OS/c1-14-8-2-5-11-6-7-12-10(13)9-3-4-9/h9,11H,2-8H2,1H3,(H,12,13). The lowest BCUT2D eigenvalue weighted by Gasteiger charge is -2.05. The monoisotopic (exact) mass is 216 g/mol. The zero-order valence-corrected chi connectivity index (χ0v) is 9.66. The van der Waals surface area contributed by atoms with Crippen molar-refractivity contribution < 1.29 is 4.79 Å². The van der Waals surface area contributed by atoms with E-state index in [-0.39, 0.29) is 5.91 Å². The van der Waals surface area contributed by atoms with Crippen LogP contribution in [0.4, 0.5) is 0 Å². The molecule has 82 valence electrons. The fraction of sp³-hybridized carbons (Fsp3) is 0.900. The van der Waals surface area contributed by atoms with Crippen molar-refractivity contribution in [2.75, 3.05) is 31.6 Å². The first kappa shape index (κ1) is 11.9. The summed E-state index contributed by atoms with van der Waals surface area (Å²) in [4.78, 5) is 11.2. The molecule has 1 aliphatic carbocycles. The predicted octanol–water partition coefficient (Wildman–Crippen LogP) is 0.855. The predicted molar refractivity (Wildman–Crippen MR) is 61.6 cm³/mol. The normalized spacial score (nSPS) is 15.5. The summed E-state index contributed by atoms with van der Waals surface area (Å²) in [7, 11) is 0. The molecule has 0 heterocycles. The molecule has 0 spiro atoms. The van der Waals surface area contributed by atoms with Crippen molar-refractivity contribution in [2.45, 2.75) is 19.3 Å². The van der Waals surface area contributed by atoms with Gasteiger partial charge < -0.3 is 10.6 Å². The Kier molecular flexibility index (Phi) is 6.03. The maximum Gasteiger partial charge on any atom is 0.223 e. The summed E-state index contributed by atoms with van der Waals surface area (Å²) in [5, 5.41) is 6.24. The highest BCUT2D eigenvalue weighted by atomic mass is 32.2. The minimum absolute atomic E-state index is 0.246. The molecule has 0 bridgehead atoms. The number of thioether (sulfide) groups is 1. The average Bonchev–Trinajstić information content (AvgIpc) is 2.99. The summed E-state index contributed by atoms with van der Waals surface area (Å²) in [6, 6.07) is 0. The summed E-state index contributed by atoms with van der Waals surface area (Å²) in [6.07, 6.45) is 5.51. The van der Waals surface area contributed by atoms with E-state index in [4.69, 9.17) is 0 Å². The molecule has 0 radical (unpaired) electrons. The highest BCUT2D eigenvalue weighted by molar-refractivity contribution is 7.98. The molecule has 3 nitrogen and oxygen atoms in total. The van der Waals surface area contributed by atoms with Gasteiger partial charge in [0.1, 0.15) is 0 Å². The number of rotatable bonds is 8. The van der Waals surface area contributed by atoms with Gasteiger partial charge >= 0.3 is 0 Å². The van der Waals surface area contributed by atoms with Crippen LogP contribution in [-0.4, -0.2) is 37.6 Å². The van der Waals surface area contributed by atoms with Gasteiger partial charge in [-0.1, -0.05) is 0 Å². The van der Waals surface area contributed by atoms with Gasteiger partial charge in [0, 0.05) is 19.0 Å². The van der Waals surface area contributed by atoms with E-state index in [0.717, 1.165) is 32.5 Å². The molecule has 14 heavy (non-hydrogen) atoms. The molecule has 0 aromatic heterocycles. The third-order valence-electron chi connectivity index (χ3n) is 2.25. The topological polar surface area (TPSA) is 41.1 Å². The lowest BCUT2D eigenvalue weighted by atomic mass is 10.4. The molecule has 0 unspecified atom stereocenters. The molecular formula is C10H20N2OS. The van der Waals surface area contributed by atoms with E-state index in [1.807, 2.05) is 11.8 Å². The van der Waals surface area contributed by atoms with Crippen molar-refractivity contribution in [1.82, 2.24) is 10.6 Å². The van der Waals surface area contributed by atoms with E-state index in [1.54, 1.807) is 0 Å². The van der Waals surface area contributed by atoms with Crippen LogP contribution < -0.4 is 10.6 Å². The van der Waals surface area contributed by atoms with Crippen molar-refractivity contribution in [3.63, 3.8) is 0 Å². The fourth-order valence-electron chi connectivity index (χ4n) is 1.23. The number of carbonyl (C=O) groups is 1. The summed E-state index contributed by atoms with van der Waals surface area (Å²) in [5.41, 5.74) is 0. The van der Waals surface area contributed by atoms with E-state index >= 15 is 0 Å². The molecule has 0 aromatic rings. The van der Waals surface area contributed by atoms with Gasteiger partial charge in [-0.3, -0.25) is 4.79 Å². The van der Waals surface area contributed by atoms with Crippen molar-refractivity contribution >= 4 is 17.7 Å². The molecule has 2 N–H and O–H groups in total. The largest absolute Gasteiger partial charge is 0.355 e. The molecule has 1 rings (SSSR count). The zero-order valence-electron chi connectivity index (χ0n) is 8.84. The Labute approximate surface area is 90.4 Å². The van der Waals surface area contributed by atoms with Crippen molar-refractivity contribution in [1.29, 1.82) is 0 Å². The molecule has 0 atom stereocenters.